The maximum absolute atomic E-state index is 13.5. The van der Waals surface area contributed by atoms with E-state index >= 15 is 0 Å². The number of nitrogens with zero attached hydrogens (tertiary/aromatic N) is 3. The van der Waals surface area contributed by atoms with Gasteiger partial charge in [-0.2, -0.15) is 4.31 Å². The Morgan fingerprint density at radius 3 is 2.41 bits per heavy atom. The van der Waals surface area contributed by atoms with Crippen LogP contribution >= 0.6 is 0 Å². The normalized spacial score (nSPS) is 24.1. The third-order valence-corrected chi connectivity index (χ3v) is 8.48. The van der Waals surface area contributed by atoms with E-state index in [0.29, 0.717) is 32.6 Å². The van der Waals surface area contributed by atoms with Crippen molar-refractivity contribution in [3.05, 3.63) is 76.7 Å². The number of fused-ring (bicyclic) bond motifs is 2. The molecule has 2 aromatic carbocycles. The van der Waals surface area contributed by atoms with Gasteiger partial charge in [0.15, 0.2) is 0 Å². The van der Waals surface area contributed by atoms with Crippen LogP contribution in [0.5, 0.6) is 0 Å². The van der Waals surface area contributed by atoms with Crippen molar-refractivity contribution >= 4 is 28.0 Å². The van der Waals surface area contributed by atoms with Crippen molar-refractivity contribution < 1.29 is 18.0 Å². The van der Waals surface area contributed by atoms with Crippen molar-refractivity contribution in [3.63, 3.8) is 0 Å². The van der Waals surface area contributed by atoms with Gasteiger partial charge >= 0.3 is 6.03 Å². The summed E-state index contributed by atoms with van der Waals surface area (Å²) in [6.45, 7) is 1.65. The minimum absolute atomic E-state index is 0.155. The van der Waals surface area contributed by atoms with Crippen molar-refractivity contribution in [2.75, 3.05) is 32.8 Å². The zero-order chi connectivity index (χ0) is 23.8. The molecule has 5 rings (SSSR count). The van der Waals surface area contributed by atoms with Gasteiger partial charge in [0, 0.05) is 31.6 Å². The maximum Gasteiger partial charge on any atom is 0.326 e. The van der Waals surface area contributed by atoms with Crippen molar-refractivity contribution in [3.8, 4) is 0 Å². The summed E-state index contributed by atoms with van der Waals surface area (Å²) in [5, 5.41) is 4.21. The number of hydrogen-bond acceptors (Lipinski definition) is 5. The lowest BCUT2D eigenvalue weighted by Crippen LogP contribution is -2.52. The lowest BCUT2D eigenvalue weighted by Gasteiger charge is -2.36. The predicted octanol–water partition coefficient (Wildman–Crippen LogP) is 2.35. The van der Waals surface area contributed by atoms with Gasteiger partial charge in [-0.1, -0.05) is 54.6 Å². The number of benzene rings is 2. The van der Waals surface area contributed by atoms with E-state index < -0.39 is 15.6 Å². The molecule has 9 heteroatoms. The zero-order valence-corrected chi connectivity index (χ0v) is 19.7. The fraction of sp³-hybridized carbons (Fsp3) is 0.360. The maximum atomic E-state index is 13.5. The number of amides is 3. The summed E-state index contributed by atoms with van der Waals surface area (Å²) in [6, 6.07) is 16.7. The van der Waals surface area contributed by atoms with E-state index in [0.717, 1.165) is 29.5 Å². The summed E-state index contributed by atoms with van der Waals surface area (Å²) >= 11 is 0. The van der Waals surface area contributed by atoms with Gasteiger partial charge in [0.2, 0.25) is 10.0 Å². The molecule has 2 fully saturated rings. The Balaban J connectivity index is 1.23. The van der Waals surface area contributed by atoms with Crippen LogP contribution in [-0.4, -0.2) is 67.3 Å². The molecular weight excluding hydrogens is 452 g/mol. The van der Waals surface area contributed by atoms with Crippen LogP contribution < -0.4 is 5.32 Å². The quantitative estimate of drug-likeness (QED) is 0.664. The van der Waals surface area contributed by atoms with E-state index in [1.54, 1.807) is 6.08 Å². The topological polar surface area (TPSA) is 90.0 Å². The lowest BCUT2D eigenvalue weighted by molar-refractivity contribution is -0.133. The largest absolute Gasteiger partial charge is 0.326 e. The minimum Gasteiger partial charge on any atom is -0.319 e. The van der Waals surface area contributed by atoms with Gasteiger partial charge in [0.1, 0.15) is 5.54 Å². The number of imide groups is 1. The first-order valence-corrected chi connectivity index (χ1v) is 13.1. The molecule has 178 valence electrons. The van der Waals surface area contributed by atoms with E-state index in [1.807, 2.05) is 59.5 Å². The number of hydrogen-bond donors (Lipinski definition) is 1. The fourth-order valence-corrected chi connectivity index (χ4v) is 6.25. The molecule has 1 atom stereocenters. The summed E-state index contributed by atoms with van der Waals surface area (Å²) in [5.41, 5.74) is 1.83. The van der Waals surface area contributed by atoms with Gasteiger partial charge < -0.3 is 5.32 Å². The van der Waals surface area contributed by atoms with Crippen LogP contribution in [0.25, 0.3) is 6.08 Å². The highest BCUT2D eigenvalue weighted by atomic mass is 32.2. The van der Waals surface area contributed by atoms with E-state index in [9.17, 15) is 18.0 Å². The lowest BCUT2D eigenvalue weighted by atomic mass is 9.76. The zero-order valence-electron chi connectivity index (χ0n) is 18.9. The molecule has 2 heterocycles. The number of sulfonamides is 1. The van der Waals surface area contributed by atoms with Crippen LogP contribution in [0, 0.1) is 0 Å². The Labute approximate surface area is 199 Å². The molecule has 2 saturated heterocycles. The second kappa shape index (κ2) is 8.98. The standard InChI is InChI=1S/C25H28N4O4S/c30-23-25(13-6-10-21-9-4-5-11-22(21)25)26-24(31)29(23)19-27-14-16-28(17-15-27)34(32,33)18-12-20-7-2-1-3-8-20/h1-5,7-9,11-12,18H,6,10,13-17,19H2,(H,26,31)/b18-12+. The molecule has 1 spiro atoms. The molecule has 1 N–H and O–H groups in total. The average Bonchev–Trinajstić information content (AvgIpc) is 3.09. The Kier molecular flexibility index (Phi) is 6.01. The molecular formula is C25H28N4O4S. The molecule has 3 amide bonds. The van der Waals surface area contributed by atoms with Crippen LogP contribution in [0.3, 0.4) is 0 Å². The second-order valence-corrected chi connectivity index (χ2v) is 10.8. The molecule has 3 aliphatic rings. The van der Waals surface area contributed by atoms with Crippen LogP contribution in [0.2, 0.25) is 0 Å². The monoisotopic (exact) mass is 480 g/mol. The van der Waals surface area contributed by atoms with E-state index in [4.69, 9.17) is 0 Å². The Hall–Kier alpha value is -3.01. The minimum atomic E-state index is -3.54. The number of carbonyl (C=O) groups is 2. The van der Waals surface area contributed by atoms with E-state index in [2.05, 4.69) is 5.32 Å². The summed E-state index contributed by atoms with van der Waals surface area (Å²) in [6.07, 6.45) is 3.92. The summed E-state index contributed by atoms with van der Waals surface area (Å²) < 4.78 is 26.9. The van der Waals surface area contributed by atoms with Crippen LogP contribution in [0.15, 0.2) is 60.0 Å². The first kappa shape index (κ1) is 22.8. The van der Waals surface area contributed by atoms with Crippen LogP contribution in [0.1, 0.15) is 29.5 Å². The molecule has 2 aromatic rings. The van der Waals surface area contributed by atoms with Crippen molar-refractivity contribution in [2.24, 2.45) is 0 Å². The number of piperazine rings is 1. The Morgan fingerprint density at radius 1 is 0.941 bits per heavy atom. The van der Waals surface area contributed by atoms with Gasteiger partial charge in [-0.05, 0) is 42.0 Å². The molecule has 0 aromatic heterocycles. The molecule has 0 bridgehead atoms. The van der Waals surface area contributed by atoms with E-state index in [1.165, 1.54) is 14.6 Å². The van der Waals surface area contributed by atoms with Gasteiger partial charge in [-0.3, -0.25) is 9.69 Å². The molecule has 8 nitrogen and oxygen atoms in total. The van der Waals surface area contributed by atoms with Crippen LogP contribution in [-0.2, 0) is 26.8 Å². The SMILES string of the molecule is O=C1NC2(CCCc3ccccc32)C(=O)N1CN1CCN(S(=O)(=O)/C=C/c2ccccc2)CC1. The summed E-state index contributed by atoms with van der Waals surface area (Å²) in [4.78, 5) is 29.5. The first-order valence-electron chi connectivity index (χ1n) is 11.6. The smallest absolute Gasteiger partial charge is 0.319 e. The van der Waals surface area contributed by atoms with Crippen molar-refractivity contribution in [1.82, 2.24) is 19.4 Å². The highest BCUT2D eigenvalue weighted by molar-refractivity contribution is 7.92. The number of rotatable bonds is 5. The third kappa shape index (κ3) is 4.15. The summed E-state index contributed by atoms with van der Waals surface area (Å²) in [5.74, 6) is -0.217. The molecule has 2 aliphatic heterocycles. The second-order valence-electron chi connectivity index (χ2n) is 9.00. The van der Waals surface area contributed by atoms with Gasteiger partial charge in [0.25, 0.3) is 5.91 Å². The highest BCUT2D eigenvalue weighted by Gasteiger charge is 2.54. The van der Waals surface area contributed by atoms with Crippen LogP contribution in [0.4, 0.5) is 4.79 Å². The van der Waals surface area contributed by atoms with Gasteiger partial charge in [-0.25, -0.2) is 18.1 Å². The third-order valence-electron chi connectivity index (χ3n) is 6.92. The number of nitrogens with one attached hydrogen (secondary N) is 1. The number of carbonyl (C=O) groups excluding carboxylic acids is 2. The molecule has 34 heavy (non-hydrogen) atoms. The molecule has 1 aliphatic carbocycles. The molecule has 0 radical (unpaired) electrons. The fourth-order valence-electron chi connectivity index (χ4n) is 5.08. The number of urea groups is 1. The molecule has 0 saturated carbocycles. The highest BCUT2D eigenvalue weighted by Crippen LogP contribution is 2.39. The average molecular weight is 481 g/mol. The number of aryl methyl sites for hydroxylation is 1. The summed E-state index contributed by atoms with van der Waals surface area (Å²) in [7, 11) is -3.54. The predicted molar refractivity (Wildman–Crippen MR) is 129 cm³/mol. The van der Waals surface area contributed by atoms with Gasteiger partial charge in [0.05, 0.1) is 6.67 Å². The first-order chi connectivity index (χ1) is 16.4. The van der Waals surface area contributed by atoms with Gasteiger partial charge in [-0.15, -0.1) is 0 Å². The Morgan fingerprint density at radius 2 is 1.65 bits per heavy atom. The van der Waals surface area contributed by atoms with Crippen molar-refractivity contribution in [1.29, 1.82) is 0 Å². The van der Waals surface area contributed by atoms with E-state index in [-0.39, 0.29) is 18.6 Å². The van der Waals surface area contributed by atoms with Crippen molar-refractivity contribution in [2.45, 2.75) is 24.8 Å². The Bertz CT molecular complexity index is 1220. The molecule has 1 unspecified atom stereocenters.